The number of carboxylic acid groups (broad SMARTS) is 2. The minimum atomic E-state index is -8.04. The average molecular weight is 600 g/mol. The number of unbranched alkanes of at least 4 members (excludes halogenated alkanes) is 2. The fourth-order valence-electron chi connectivity index (χ4n) is 3.06. The van der Waals surface area contributed by atoms with E-state index in [0.29, 0.717) is 0 Å². The van der Waals surface area contributed by atoms with Crippen molar-refractivity contribution in [3.05, 3.63) is 0 Å². The molecule has 0 aromatic heterocycles. The number of amides is 2. The highest BCUT2D eigenvalue weighted by Crippen LogP contribution is 2.59. The largest absolute Gasteiger partial charge is 0.465 e. The van der Waals surface area contributed by atoms with Crippen LogP contribution in [0.25, 0.3) is 0 Å². The number of nitrogens with one attached hydrogen (secondary N) is 2. The number of hydrogen-bond acceptors (Lipinski definition) is 2. The molecular formula is C17H19F15N2O4. The maximum Gasteiger partial charge on any atom is 0.404 e. The Hall–Kier alpha value is -2.51. The monoisotopic (exact) mass is 600 g/mol. The van der Waals surface area contributed by atoms with Crippen molar-refractivity contribution in [2.75, 3.05) is 6.54 Å². The molecule has 6 nitrogen and oxygen atoms in total. The normalized spacial score (nSPS) is 15.8. The molecule has 2 unspecified atom stereocenters. The highest BCUT2D eigenvalue weighted by atomic mass is 19.4. The van der Waals surface area contributed by atoms with Crippen molar-refractivity contribution < 1.29 is 85.7 Å². The van der Waals surface area contributed by atoms with Gasteiger partial charge in [0.25, 0.3) is 0 Å². The first-order valence-corrected chi connectivity index (χ1v) is 9.97. The van der Waals surface area contributed by atoms with Crippen LogP contribution >= 0.6 is 0 Å². The third kappa shape index (κ3) is 7.76. The van der Waals surface area contributed by atoms with Crippen molar-refractivity contribution in [2.24, 2.45) is 5.92 Å². The lowest BCUT2D eigenvalue weighted by Gasteiger charge is -2.40. The number of halogens is 15. The summed E-state index contributed by atoms with van der Waals surface area (Å²) in [5.74, 6) is -42.0. The van der Waals surface area contributed by atoms with Gasteiger partial charge in [-0.2, -0.15) is 57.1 Å². The van der Waals surface area contributed by atoms with Crippen molar-refractivity contribution in [1.82, 2.24) is 10.6 Å². The van der Waals surface area contributed by atoms with Crippen LogP contribution < -0.4 is 10.6 Å². The number of hydrogen-bond donors (Lipinski definition) is 4. The molecule has 0 bridgehead atoms. The lowest BCUT2D eigenvalue weighted by molar-refractivity contribution is -0.415. The predicted molar refractivity (Wildman–Crippen MR) is 94.3 cm³/mol. The molecule has 21 heteroatoms. The fraction of sp³-hybridized carbons (Fsp3) is 0.882. The molecule has 4 N–H and O–H groups in total. The first-order chi connectivity index (χ1) is 16.8. The van der Waals surface area contributed by atoms with Crippen LogP contribution in [0.2, 0.25) is 0 Å². The molecule has 0 rings (SSSR count). The Morgan fingerprint density at radius 1 is 0.684 bits per heavy atom. The highest BCUT2D eigenvalue weighted by Gasteiger charge is 2.87. The summed E-state index contributed by atoms with van der Waals surface area (Å²) in [6.45, 7) is -0.286. The Morgan fingerprint density at radius 3 is 1.58 bits per heavy atom. The van der Waals surface area contributed by atoms with Gasteiger partial charge in [0.05, 0.1) is 5.92 Å². The van der Waals surface area contributed by atoms with Gasteiger partial charge in [-0.25, -0.2) is 18.4 Å². The molecule has 0 aromatic rings. The molecule has 2 atom stereocenters. The summed E-state index contributed by atoms with van der Waals surface area (Å²) in [5.41, 5.74) is 0. The van der Waals surface area contributed by atoms with Gasteiger partial charge in [0, 0.05) is 19.0 Å². The van der Waals surface area contributed by atoms with E-state index in [1.807, 2.05) is 5.32 Å². The van der Waals surface area contributed by atoms with Crippen LogP contribution in [-0.4, -0.2) is 77.2 Å². The minimum absolute atomic E-state index is 0.114. The third-order valence-corrected chi connectivity index (χ3v) is 5.10. The summed E-state index contributed by atoms with van der Waals surface area (Å²) >= 11 is 0. The Balaban J connectivity index is 6.19. The standard InChI is InChI=1S/C17H19F15N2O4/c18-9(19)13(22,23)16(29,30)17(31,32)15(27,28)12(20,21)6-7(14(24,25)26)8(34-11(37)38)4-2-1-3-5-33-10(35)36/h7-9,33-34H,1-6H2,(H,35,36)(H,37,38). The van der Waals surface area contributed by atoms with Gasteiger partial charge >= 0.3 is 54.4 Å². The fourth-order valence-corrected chi connectivity index (χ4v) is 3.06. The van der Waals surface area contributed by atoms with Gasteiger partial charge in [-0.05, 0) is 12.8 Å². The second kappa shape index (κ2) is 12.1. The van der Waals surface area contributed by atoms with E-state index in [1.165, 1.54) is 0 Å². The van der Waals surface area contributed by atoms with Crippen molar-refractivity contribution in [3.8, 4) is 0 Å². The van der Waals surface area contributed by atoms with Crippen LogP contribution in [0.15, 0.2) is 0 Å². The van der Waals surface area contributed by atoms with Gasteiger partial charge in [-0.15, -0.1) is 0 Å². The van der Waals surface area contributed by atoms with E-state index in [9.17, 15) is 75.4 Å². The maximum absolute atomic E-state index is 14.1. The SMILES string of the molecule is O=C(O)NCCCCCC(NC(=O)O)C(CC(F)(F)C(F)(F)C(F)(F)C(F)(F)C(F)(F)C(F)F)C(F)(F)F. The quantitative estimate of drug-likeness (QED) is 0.128. The first-order valence-electron chi connectivity index (χ1n) is 9.97. The molecule has 0 aromatic carbocycles. The van der Waals surface area contributed by atoms with Crippen LogP contribution in [-0.2, 0) is 0 Å². The van der Waals surface area contributed by atoms with E-state index in [2.05, 4.69) is 0 Å². The molecule has 0 aliphatic heterocycles. The Morgan fingerprint density at radius 2 is 1.18 bits per heavy atom. The van der Waals surface area contributed by atoms with Gasteiger partial charge in [-0.3, -0.25) is 0 Å². The number of rotatable bonds is 15. The Bertz CT molecular complexity index is 805. The van der Waals surface area contributed by atoms with Crippen LogP contribution in [0.5, 0.6) is 0 Å². The molecule has 226 valence electrons. The topological polar surface area (TPSA) is 98.7 Å². The molecule has 38 heavy (non-hydrogen) atoms. The predicted octanol–water partition coefficient (Wildman–Crippen LogP) is 6.46. The summed E-state index contributed by atoms with van der Waals surface area (Å²) in [5, 5.41) is 19.9. The van der Waals surface area contributed by atoms with Crippen LogP contribution in [0.4, 0.5) is 75.4 Å². The first kappa shape index (κ1) is 35.5. The zero-order valence-corrected chi connectivity index (χ0v) is 18.4. The molecular weight excluding hydrogens is 581 g/mol. The van der Waals surface area contributed by atoms with Crippen LogP contribution in [0.3, 0.4) is 0 Å². The smallest absolute Gasteiger partial charge is 0.404 e. The van der Waals surface area contributed by atoms with E-state index >= 15 is 0 Å². The van der Waals surface area contributed by atoms with Gasteiger partial charge in [-0.1, -0.05) is 12.8 Å². The molecule has 0 aliphatic carbocycles. The zero-order valence-electron chi connectivity index (χ0n) is 18.4. The van der Waals surface area contributed by atoms with Crippen molar-refractivity contribution >= 4 is 12.2 Å². The molecule has 2 amide bonds. The molecule has 0 saturated carbocycles. The Labute approximate surface area is 202 Å². The summed E-state index contributed by atoms with van der Waals surface area (Å²) in [6.07, 6.45) is -21.3. The maximum atomic E-state index is 14.1. The molecule has 0 spiro atoms. The summed E-state index contributed by atoms with van der Waals surface area (Å²) in [7, 11) is 0. The second-order valence-corrected chi connectivity index (χ2v) is 7.84. The van der Waals surface area contributed by atoms with Gasteiger partial charge < -0.3 is 20.8 Å². The van der Waals surface area contributed by atoms with E-state index in [-0.39, 0.29) is 19.4 Å². The molecule has 0 aliphatic rings. The lowest BCUT2D eigenvalue weighted by Crippen LogP contribution is -2.69. The third-order valence-electron chi connectivity index (χ3n) is 5.10. The number of carbonyl (C=O) groups is 2. The van der Waals surface area contributed by atoms with Crippen molar-refractivity contribution in [2.45, 2.75) is 80.4 Å². The highest BCUT2D eigenvalue weighted by molar-refractivity contribution is 5.65. The molecule has 0 fully saturated rings. The van der Waals surface area contributed by atoms with Crippen LogP contribution in [0.1, 0.15) is 32.1 Å². The number of alkyl halides is 15. The van der Waals surface area contributed by atoms with Gasteiger partial charge in [0.1, 0.15) is 0 Å². The van der Waals surface area contributed by atoms with E-state index in [1.54, 1.807) is 0 Å². The van der Waals surface area contributed by atoms with E-state index in [0.717, 1.165) is 5.32 Å². The summed E-state index contributed by atoms with van der Waals surface area (Å²) in [4.78, 5) is 21.1. The van der Waals surface area contributed by atoms with Gasteiger partial charge in [0.15, 0.2) is 0 Å². The van der Waals surface area contributed by atoms with Crippen LogP contribution in [0, 0.1) is 5.92 Å². The van der Waals surface area contributed by atoms with E-state index in [4.69, 9.17) is 10.2 Å². The summed E-state index contributed by atoms with van der Waals surface area (Å²) in [6, 6.07) is -2.81. The van der Waals surface area contributed by atoms with Gasteiger partial charge in [0.2, 0.25) is 0 Å². The molecule has 0 radical (unpaired) electrons. The van der Waals surface area contributed by atoms with Crippen molar-refractivity contribution in [3.63, 3.8) is 0 Å². The molecule has 0 saturated heterocycles. The average Bonchev–Trinajstić information content (AvgIpc) is 2.71. The zero-order chi connectivity index (χ0) is 30.5. The van der Waals surface area contributed by atoms with E-state index < -0.39 is 85.6 Å². The molecule has 0 heterocycles. The lowest BCUT2D eigenvalue weighted by atomic mass is 9.84. The Kier molecular flexibility index (Phi) is 11.3. The summed E-state index contributed by atoms with van der Waals surface area (Å²) < 4.78 is 200. The second-order valence-electron chi connectivity index (χ2n) is 7.84. The van der Waals surface area contributed by atoms with Crippen molar-refractivity contribution in [1.29, 1.82) is 0 Å². The minimum Gasteiger partial charge on any atom is -0.465 e.